The van der Waals surface area contributed by atoms with E-state index in [2.05, 4.69) is 14.7 Å². The third kappa shape index (κ3) is 4.73. The van der Waals surface area contributed by atoms with Gasteiger partial charge in [-0.15, -0.1) is 0 Å². The zero-order valence-electron chi connectivity index (χ0n) is 9.61. The van der Waals surface area contributed by atoms with Crippen LogP contribution in [0.15, 0.2) is 17.4 Å². The summed E-state index contributed by atoms with van der Waals surface area (Å²) < 4.78 is 49.3. The Hall–Kier alpha value is -1.26. The van der Waals surface area contributed by atoms with E-state index < -0.39 is 41.4 Å². The number of methoxy groups -OCH3 is 1. The van der Waals surface area contributed by atoms with Gasteiger partial charge in [-0.25, -0.2) is 26.6 Å². The molecule has 8 nitrogen and oxygen atoms in total. The molecule has 0 aliphatic rings. The summed E-state index contributed by atoms with van der Waals surface area (Å²) >= 11 is 0. The largest absolute Gasteiger partial charge is 0.464 e. The smallest absolute Gasteiger partial charge is 0.358 e. The molecule has 1 heterocycles. The number of aromatic nitrogens is 2. The molecular weight excluding hydrogens is 320 g/mol. The monoisotopic (exact) mass is 328 g/mol. The second-order valence-electron chi connectivity index (χ2n) is 3.30. The van der Waals surface area contributed by atoms with Gasteiger partial charge in [0, 0.05) is 10.7 Å². The summed E-state index contributed by atoms with van der Waals surface area (Å²) in [6.07, 6.45) is 1.94. The number of halogens is 1. The first-order valence-corrected chi connectivity index (χ1v) is 8.84. The molecule has 0 unspecified atom stereocenters. The van der Waals surface area contributed by atoms with Crippen LogP contribution in [0.2, 0.25) is 0 Å². The maximum atomic E-state index is 11.8. The molecule has 19 heavy (non-hydrogen) atoms. The number of carbonyl (C=O) groups is 1. The average molecular weight is 329 g/mol. The third-order valence-electron chi connectivity index (χ3n) is 1.92. The SMILES string of the molecule is COC(=O)c1cncc(S(=O)(=O)CCS(=O)(=O)Cl)n1. The lowest BCUT2D eigenvalue weighted by Gasteiger charge is -2.03. The van der Waals surface area contributed by atoms with E-state index in [1.54, 1.807) is 0 Å². The van der Waals surface area contributed by atoms with Crippen molar-refractivity contribution in [1.82, 2.24) is 9.97 Å². The van der Waals surface area contributed by atoms with Crippen molar-refractivity contribution in [2.24, 2.45) is 0 Å². The number of ether oxygens (including phenoxy) is 1. The van der Waals surface area contributed by atoms with Gasteiger partial charge in [0.25, 0.3) is 0 Å². The molecule has 0 amide bonds. The maximum Gasteiger partial charge on any atom is 0.358 e. The topological polar surface area (TPSA) is 120 Å². The van der Waals surface area contributed by atoms with E-state index in [9.17, 15) is 21.6 Å². The van der Waals surface area contributed by atoms with Crippen molar-refractivity contribution in [3.05, 3.63) is 18.1 Å². The lowest BCUT2D eigenvalue weighted by atomic mass is 10.5. The van der Waals surface area contributed by atoms with Gasteiger partial charge in [0.05, 0.1) is 31.0 Å². The Kier molecular flexibility index (Phi) is 4.82. The van der Waals surface area contributed by atoms with Crippen molar-refractivity contribution < 1.29 is 26.4 Å². The zero-order chi connectivity index (χ0) is 14.7. The number of rotatable bonds is 5. The first-order valence-electron chi connectivity index (χ1n) is 4.71. The second kappa shape index (κ2) is 5.80. The highest BCUT2D eigenvalue weighted by atomic mass is 35.7. The molecule has 1 aromatic rings. The molecule has 0 aliphatic carbocycles. The zero-order valence-corrected chi connectivity index (χ0v) is 12.0. The van der Waals surface area contributed by atoms with Gasteiger partial charge in [-0.05, 0) is 0 Å². The Morgan fingerprint density at radius 2 is 1.89 bits per heavy atom. The number of nitrogens with zero attached hydrogens (tertiary/aromatic N) is 2. The second-order valence-corrected chi connectivity index (χ2v) is 8.25. The van der Waals surface area contributed by atoms with Gasteiger partial charge in [0.15, 0.2) is 20.6 Å². The number of carbonyl (C=O) groups excluding carboxylic acids is 1. The third-order valence-corrected chi connectivity index (χ3v) is 4.91. The highest BCUT2D eigenvalue weighted by molar-refractivity contribution is 8.14. The number of hydrogen-bond donors (Lipinski definition) is 0. The van der Waals surface area contributed by atoms with Crippen LogP contribution >= 0.6 is 10.7 Å². The Balaban J connectivity index is 3.05. The standard InChI is InChI=1S/C8H9ClN2O6S2/c1-17-8(12)6-4-10-5-7(11-6)18(13,14)2-3-19(9,15)16/h4-5H,2-3H2,1H3. The quantitative estimate of drug-likeness (QED) is 0.529. The Labute approximate surface area is 114 Å². The molecule has 11 heteroatoms. The van der Waals surface area contributed by atoms with Crippen LogP contribution in [0.3, 0.4) is 0 Å². The van der Waals surface area contributed by atoms with Crippen LogP contribution in [0.1, 0.15) is 10.5 Å². The van der Waals surface area contributed by atoms with Crippen molar-refractivity contribution >= 4 is 35.5 Å². The van der Waals surface area contributed by atoms with Crippen LogP contribution in [0.5, 0.6) is 0 Å². The summed E-state index contributed by atoms with van der Waals surface area (Å²) in [5, 5.41) is -0.518. The summed E-state index contributed by atoms with van der Waals surface area (Å²) in [7, 11) is -1.91. The van der Waals surface area contributed by atoms with Crippen LogP contribution in [-0.2, 0) is 23.6 Å². The van der Waals surface area contributed by atoms with Gasteiger partial charge >= 0.3 is 5.97 Å². The van der Waals surface area contributed by atoms with Crippen molar-refractivity contribution in [2.75, 3.05) is 18.6 Å². The minimum atomic E-state index is -4.00. The number of esters is 1. The average Bonchev–Trinajstić information content (AvgIpc) is 2.35. The van der Waals surface area contributed by atoms with E-state index >= 15 is 0 Å². The predicted molar refractivity (Wildman–Crippen MR) is 65.1 cm³/mol. The highest BCUT2D eigenvalue weighted by Gasteiger charge is 2.22. The Bertz CT molecular complexity index is 685. The molecule has 1 rings (SSSR count). The van der Waals surface area contributed by atoms with E-state index in [4.69, 9.17) is 10.7 Å². The fourth-order valence-electron chi connectivity index (χ4n) is 1.01. The van der Waals surface area contributed by atoms with E-state index in [-0.39, 0.29) is 5.69 Å². The summed E-state index contributed by atoms with van der Waals surface area (Å²) in [5.41, 5.74) is -0.294. The molecule has 1 aromatic heterocycles. The lowest BCUT2D eigenvalue weighted by Crippen LogP contribution is -2.17. The van der Waals surface area contributed by atoms with Crippen LogP contribution in [0.4, 0.5) is 0 Å². The first kappa shape index (κ1) is 15.8. The van der Waals surface area contributed by atoms with Crippen LogP contribution in [0, 0.1) is 0 Å². The molecule has 0 atom stereocenters. The maximum absolute atomic E-state index is 11.8. The van der Waals surface area contributed by atoms with Gasteiger partial charge in [-0.2, -0.15) is 0 Å². The van der Waals surface area contributed by atoms with Gasteiger partial charge in [-0.3, -0.25) is 4.98 Å². The van der Waals surface area contributed by atoms with Gasteiger partial charge < -0.3 is 4.74 Å². The van der Waals surface area contributed by atoms with Crippen molar-refractivity contribution in [1.29, 1.82) is 0 Å². The van der Waals surface area contributed by atoms with E-state index in [0.717, 1.165) is 19.5 Å². The van der Waals surface area contributed by atoms with E-state index in [0.29, 0.717) is 0 Å². The molecule has 0 radical (unpaired) electrons. The van der Waals surface area contributed by atoms with Crippen molar-refractivity contribution in [2.45, 2.75) is 5.03 Å². The van der Waals surface area contributed by atoms with E-state index in [1.165, 1.54) is 0 Å². The summed E-state index contributed by atoms with van der Waals surface area (Å²) in [4.78, 5) is 18.3. The van der Waals surface area contributed by atoms with E-state index in [1.807, 2.05) is 0 Å². The molecule has 0 saturated carbocycles. The summed E-state index contributed by atoms with van der Waals surface area (Å²) in [6.45, 7) is 0. The van der Waals surface area contributed by atoms with Gasteiger partial charge in [-0.1, -0.05) is 0 Å². The Morgan fingerprint density at radius 3 is 2.42 bits per heavy atom. The molecule has 0 fully saturated rings. The van der Waals surface area contributed by atoms with Crippen LogP contribution < -0.4 is 0 Å². The van der Waals surface area contributed by atoms with Crippen LogP contribution in [0.25, 0.3) is 0 Å². The molecule has 0 bridgehead atoms. The molecule has 0 N–H and O–H groups in total. The lowest BCUT2D eigenvalue weighted by molar-refractivity contribution is 0.0592. The fourth-order valence-corrected chi connectivity index (χ4v) is 3.92. The fraction of sp³-hybridized carbons (Fsp3) is 0.375. The molecule has 106 valence electrons. The van der Waals surface area contributed by atoms with Crippen molar-refractivity contribution in [3.63, 3.8) is 0 Å². The summed E-state index contributed by atoms with van der Waals surface area (Å²) in [5.74, 6) is -2.37. The molecule has 0 spiro atoms. The molecule has 0 saturated heterocycles. The minimum Gasteiger partial charge on any atom is -0.464 e. The molecule has 0 aliphatic heterocycles. The highest BCUT2D eigenvalue weighted by Crippen LogP contribution is 2.10. The normalized spacial score (nSPS) is 12.1. The van der Waals surface area contributed by atoms with Crippen LogP contribution in [-0.4, -0.2) is 51.4 Å². The summed E-state index contributed by atoms with van der Waals surface area (Å²) in [6, 6.07) is 0. The number of sulfone groups is 1. The molecular formula is C8H9ClN2O6S2. The van der Waals surface area contributed by atoms with Crippen molar-refractivity contribution in [3.8, 4) is 0 Å². The predicted octanol–water partition coefficient (Wildman–Crippen LogP) is -0.394. The number of hydrogen-bond acceptors (Lipinski definition) is 8. The minimum absolute atomic E-state index is 0.294. The molecule has 0 aromatic carbocycles. The first-order chi connectivity index (χ1) is 8.65. The Morgan fingerprint density at radius 1 is 1.26 bits per heavy atom. The van der Waals surface area contributed by atoms with Gasteiger partial charge in [0.1, 0.15) is 0 Å². The van der Waals surface area contributed by atoms with Gasteiger partial charge in [0.2, 0.25) is 9.05 Å².